The number of ether oxygens (including phenoxy) is 4. The van der Waals surface area contributed by atoms with E-state index < -0.39 is 0 Å². The topological polar surface area (TPSA) is 56.6 Å². The Labute approximate surface area is 705 Å². The Morgan fingerprint density at radius 3 is 0.567 bits per heavy atom. The molecule has 120 heavy (non-hydrogen) atoms. The van der Waals surface area contributed by atoms with Gasteiger partial charge in [0, 0.05) is 113 Å². The van der Waals surface area contributed by atoms with E-state index >= 15 is 0 Å². The molecule has 0 unspecified atom stereocenters. The Morgan fingerprint density at radius 1 is 0.183 bits per heavy atom. The average Bonchev–Trinajstić information content (AvgIpc) is 1.63. The zero-order valence-electron chi connectivity index (χ0n) is 68.9. The summed E-state index contributed by atoms with van der Waals surface area (Å²) in [4.78, 5) is 0. The van der Waals surface area contributed by atoms with Gasteiger partial charge in [0.15, 0.2) is 0 Å². The Kier molecular flexibility index (Phi) is 24.8. The van der Waals surface area contributed by atoms with Crippen LogP contribution < -0.4 is 18.9 Å². The Hall–Kier alpha value is -13.0. The van der Waals surface area contributed by atoms with E-state index in [4.69, 9.17) is 18.9 Å². The molecule has 0 amide bonds. The second-order valence-corrected chi connectivity index (χ2v) is 32.3. The minimum absolute atomic E-state index is 0.688. The molecular weight excluding hydrogens is 1470 g/mol. The fraction of sp³-hybridized carbons (Fsp3) is 0.214. The third kappa shape index (κ3) is 18.0. The van der Waals surface area contributed by atoms with E-state index in [-0.39, 0.29) is 0 Å². The van der Waals surface area contributed by atoms with Crippen LogP contribution in [0, 0.1) is 0 Å². The molecule has 8 heteroatoms. The number of para-hydroxylation sites is 8. The normalized spacial score (nSPS) is 11.6. The maximum atomic E-state index is 6.42. The molecular formula is C112H106N4O4. The molecule has 0 spiro atoms. The number of benzene rings is 14. The van der Waals surface area contributed by atoms with Crippen LogP contribution in [0.1, 0.15) is 136 Å². The van der Waals surface area contributed by atoms with E-state index in [0.717, 1.165) is 208 Å². The second-order valence-electron chi connectivity index (χ2n) is 32.3. The zero-order valence-corrected chi connectivity index (χ0v) is 68.9. The minimum atomic E-state index is 0.688. The first-order valence-electron chi connectivity index (χ1n) is 44.0. The van der Waals surface area contributed by atoms with Crippen molar-refractivity contribution in [2.75, 3.05) is 26.4 Å². The number of nitrogens with zero attached hydrogens (tertiary/aromatic N) is 4. The molecule has 0 aliphatic heterocycles. The first kappa shape index (κ1) is 78.2. The highest BCUT2D eigenvalue weighted by Gasteiger charge is 2.17. The first-order valence-corrected chi connectivity index (χ1v) is 44.0. The fourth-order valence-corrected chi connectivity index (χ4v) is 18.1. The molecule has 0 aliphatic carbocycles. The van der Waals surface area contributed by atoms with Gasteiger partial charge in [-0.15, -0.1) is 0 Å². The van der Waals surface area contributed by atoms with Gasteiger partial charge in [-0.05, 0) is 216 Å². The van der Waals surface area contributed by atoms with E-state index in [1.807, 2.05) is 0 Å². The van der Waals surface area contributed by atoms with Gasteiger partial charge >= 0.3 is 0 Å². The number of hydrogen-bond donors (Lipinski definition) is 0. The second kappa shape index (κ2) is 38.1. The van der Waals surface area contributed by atoms with Crippen molar-refractivity contribution in [3.05, 3.63) is 373 Å². The smallest absolute Gasteiger partial charge is 0.119 e. The highest BCUT2D eigenvalue weighted by Crippen LogP contribution is 2.38. The van der Waals surface area contributed by atoms with Crippen LogP contribution in [0.4, 0.5) is 0 Å². The molecule has 18 rings (SSSR count). The predicted octanol–water partition coefficient (Wildman–Crippen LogP) is 29.5. The van der Waals surface area contributed by atoms with Gasteiger partial charge < -0.3 is 37.2 Å². The summed E-state index contributed by atoms with van der Waals surface area (Å²) in [6, 6.07) is 123. The third-order valence-electron chi connectivity index (χ3n) is 24.3. The standard InChI is InChI=1S/C112H106N4O4/c1(25-73-113-105-41-17-9-33-95(105)96-34-10-18-42-106(96)113)5-29-77-117-91-65-57-87(58-66-91)103(88-59-67-92(68-60-88)118-78-30-6-2-26-74-114-107-43-19-11-35-97(107)98-36-12-20-44-108(98)114)81-83-49-53-85(54-50-83)86-55-51-84(52-56-86)82-104(89-61-69-93(70-62-89)119-79-31-7-3-27-75-115-109-45-21-13-37-99(109)100-38-14-22-46-110(100)115)90-63-71-94(72-64-90)120-80-32-8-4-28-76-116-111-47-23-15-39-101(111)102-40-16-24-48-112(102)116/h9-24,33-72,81-82H,1-8,25-32,73-80H2. The van der Waals surface area contributed by atoms with Crippen LogP contribution in [-0.4, -0.2) is 44.7 Å². The van der Waals surface area contributed by atoms with E-state index in [2.05, 4.69) is 370 Å². The average molecular weight is 1570 g/mol. The maximum Gasteiger partial charge on any atom is 0.119 e. The fourth-order valence-electron chi connectivity index (χ4n) is 18.1. The summed E-state index contributed by atoms with van der Waals surface area (Å²) in [5, 5.41) is 10.7. The lowest BCUT2D eigenvalue weighted by molar-refractivity contribution is 0.304. The lowest BCUT2D eigenvalue weighted by Crippen LogP contribution is -2.00. The van der Waals surface area contributed by atoms with Gasteiger partial charge in [-0.1, -0.05) is 294 Å². The lowest BCUT2D eigenvalue weighted by Gasteiger charge is -2.13. The molecule has 0 radical (unpaired) electrons. The van der Waals surface area contributed by atoms with Crippen molar-refractivity contribution in [1.82, 2.24) is 18.3 Å². The summed E-state index contributed by atoms with van der Waals surface area (Å²) < 4.78 is 35.7. The minimum Gasteiger partial charge on any atom is -0.494 e. The van der Waals surface area contributed by atoms with Crippen molar-refractivity contribution in [2.24, 2.45) is 0 Å². The number of aryl methyl sites for hydroxylation is 4. The molecule has 0 atom stereocenters. The van der Waals surface area contributed by atoms with Crippen molar-refractivity contribution in [3.8, 4) is 34.1 Å². The van der Waals surface area contributed by atoms with Crippen molar-refractivity contribution in [3.63, 3.8) is 0 Å². The Balaban J connectivity index is 0.523. The number of aromatic nitrogens is 4. The van der Waals surface area contributed by atoms with Gasteiger partial charge in [-0.2, -0.15) is 0 Å². The highest BCUT2D eigenvalue weighted by atomic mass is 16.5. The number of hydrogen-bond acceptors (Lipinski definition) is 4. The van der Waals surface area contributed by atoms with Crippen LogP contribution in [0.2, 0.25) is 0 Å². The van der Waals surface area contributed by atoms with Crippen molar-refractivity contribution < 1.29 is 18.9 Å². The molecule has 14 aromatic carbocycles. The van der Waals surface area contributed by atoms with E-state index in [1.54, 1.807) is 0 Å². The van der Waals surface area contributed by atoms with Crippen LogP contribution in [0.5, 0.6) is 23.0 Å². The predicted molar refractivity (Wildman–Crippen MR) is 505 cm³/mol. The van der Waals surface area contributed by atoms with Crippen molar-refractivity contribution in [2.45, 2.75) is 129 Å². The first-order chi connectivity index (χ1) is 59.6. The van der Waals surface area contributed by atoms with E-state index in [1.165, 1.54) is 87.2 Å². The molecule has 8 nitrogen and oxygen atoms in total. The molecule has 0 N–H and O–H groups in total. The molecule has 0 fully saturated rings. The molecule has 0 aliphatic rings. The molecule has 0 saturated heterocycles. The maximum absolute atomic E-state index is 6.42. The zero-order chi connectivity index (χ0) is 80.4. The van der Waals surface area contributed by atoms with Crippen LogP contribution >= 0.6 is 0 Å². The van der Waals surface area contributed by atoms with Gasteiger partial charge in [-0.25, -0.2) is 0 Å². The van der Waals surface area contributed by atoms with Crippen LogP contribution in [0.3, 0.4) is 0 Å². The monoisotopic (exact) mass is 1570 g/mol. The van der Waals surface area contributed by atoms with Gasteiger partial charge in [0.25, 0.3) is 0 Å². The Bertz CT molecular complexity index is 5560. The summed E-state index contributed by atoms with van der Waals surface area (Å²) >= 11 is 0. The number of unbranched alkanes of at least 4 members (excludes halogenated alkanes) is 12. The summed E-state index contributed by atoms with van der Waals surface area (Å²) in [6.07, 6.45) is 22.3. The third-order valence-corrected chi connectivity index (χ3v) is 24.3. The largest absolute Gasteiger partial charge is 0.494 e. The van der Waals surface area contributed by atoms with Crippen LogP contribution in [-0.2, 0) is 26.2 Å². The molecule has 0 bridgehead atoms. The lowest BCUT2D eigenvalue weighted by atomic mass is 9.94. The molecule has 598 valence electrons. The quantitative estimate of drug-likeness (QED) is 0.0285. The van der Waals surface area contributed by atoms with Crippen LogP contribution in [0.25, 0.3) is 122 Å². The van der Waals surface area contributed by atoms with E-state index in [0.29, 0.717) is 26.4 Å². The molecule has 4 aromatic heterocycles. The summed E-state index contributed by atoms with van der Waals surface area (Å²) in [5.41, 5.74) is 21.9. The molecule has 18 aromatic rings. The summed E-state index contributed by atoms with van der Waals surface area (Å²) in [6.45, 7) is 6.80. The van der Waals surface area contributed by atoms with Gasteiger partial charge in [0.1, 0.15) is 23.0 Å². The Morgan fingerprint density at radius 2 is 0.367 bits per heavy atom. The molecule has 0 saturated carbocycles. The summed E-state index contributed by atoms with van der Waals surface area (Å²) in [7, 11) is 0. The van der Waals surface area contributed by atoms with E-state index in [9.17, 15) is 0 Å². The highest BCUT2D eigenvalue weighted by molar-refractivity contribution is 6.11. The van der Waals surface area contributed by atoms with Crippen LogP contribution in [0.15, 0.2) is 340 Å². The summed E-state index contributed by atoms with van der Waals surface area (Å²) in [5.74, 6) is 3.56. The van der Waals surface area contributed by atoms with Gasteiger partial charge in [0.05, 0.1) is 26.4 Å². The number of rotatable bonds is 39. The van der Waals surface area contributed by atoms with Gasteiger partial charge in [-0.3, -0.25) is 0 Å². The van der Waals surface area contributed by atoms with Crippen molar-refractivity contribution in [1.29, 1.82) is 0 Å². The number of fused-ring (bicyclic) bond motifs is 12. The molecule has 4 heterocycles. The van der Waals surface area contributed by atoms with Crippen molar-refractivity contribution >= 4 is 111 Å². The SMILES string of the molecule is C(=C(c1ccc(OCCCCCCn2c3ccccc3c3ccccc32)cc1)c1ccc(OCCCCCCn2c3ccccc3c3ccccc32)cc1)c1ccc(-c2ccc(C=C(c3ccc(OCCCCCCn4c5ccccc5c5ccccc54)cc3)c3ccc(OCCCCCCn4c5ccccc5c5ccccc54)cc3)cc2)cc1. The van der Waals surface area contributed by atoms with Gasteiger partial charge in [0.2, 0.25) is 0 Å².